The van der Waals surface area contributed by atoms with Gasteiger partial charge in [-0.05, 0) is 39.7 Å². The standard InChI is InChI=1S/C14H31N3/c1-12(6-5-7-13(2)15)10-17-9-8-16(4)14(3)11-17/h12-14H,5-11,15H2,1-4H3. The first-order chi connectivity index (χ1) is 7.99. The lowest BCUT2D eigenvalue weighted by molar-refractivity contribution is 0.0928. The van der Waals surface area contributed by atoms with Crippen LogP contribution in [0.2, 0.25) is 0 Å². The zero-order chi connectivity index (χ0) is 12.8. The van der Waals surface area contributed by atoms with Gasteiger partial charge >= 0.3 is 0 Å². The Balaban J connectivity index is 2.15. The molecule has 3 heteroatoms. The van der Waals surface area contributed by atoms with Gasteiger partial charge in [0.05, 0.1) is 0 Å². The minimum atomic E-state index is 0.367. The van der Waals surface area contributed by atoms with Crippen LogP contribution in [-0.2, 0) is 0 Å². The first-order valence-electron chi connectivity index (χ1n) is 7.17. The van der Waals surface area contributed by atoms with E-state index in [1.807, 2.05) is 0 Å². The molecule has 0 radical (unpaired) electrons. The maximum atomic E-state index is 5.78. The number of nitrogens with two attached hydrogens (primary N) is 1. The van der Waals surface area contributed by atoms with E-state index in [0.717, 1.165) is 5.92 Å². The van der Waals surface area contributed by atoms with Gasteiger partial charge in [0.15, 0.2) is 0 Å². The summed E-state index contributed by atoms with van der Waals surface area (Å²) in [5, 5.41) is 0. The summed E-state index contributed by atoms with van der Waals surface area (Å²) < 4.78 is 0. The average Bonchev–Trinajstić information content (AvgIpc) is 2.23. The minimum Gasteiger partial charge on any atom is -0.328 e. The van der Waals surface area contributed by atoms with Crippen molar-refractivity contribution >= 4 is 0 Å². The van der Waals surface area contributed by atoms with Crippen molar-refractivity contribution in [1.29, 1.82) is 0 Å². The number of hydrogen-bond donors (Lipinski definition) is 1. The summed E-state index contributed by atoms with van der Waals surface area (Å²) in [5.41, 5.74) is 5.78. The Bertz CT molecular complexity index is 206. The van der Waals surface area contributed by atoms with Crippen molar-refractivity contribution in [2.24, 2.45) is 11.7 Å². The SMILES string of the molecule is CC(N)CCCC(C)CN1CCN(C)C(C)C1. The maximum absolute atomic E-state index is 5.78. The predicted octanol–water partition coefficient (Wildman–Crippen LogP) is 1.78. The fourth-order valence-electron chi connectivity index (χ4n) is 2.61. The molecule has 0 spiro atoms. The summed E-state index contributed by atoms with van der Waals surface area (Å²) in [4.78, 5) is 5.08. The highest BCUT2D eigenvalue weighted by atomic mass is 15.3. The quantitative estimate of drug-likeness (QED) is 0.769. The van der Waals surface area contributed by atoms with Crippen LogP contribution in [0, 0.1) is 5.92 Å². The first kappa shape index (κ1) is 14.9. The van der Waals surface area contributed by atoms with E-state index >= 15 is 0 Å². The van der Waals surface area contributed by atoms with E-state index in [1.165, 1.54) is 45.4 Å². The van der Waals surface area contributed by atoms with Gasteiger partial charge < -0.3 is 15.5 Å². The van der Waals surface area contributed by atoms with E-state index in [0.29, 0.717) is 12.1 Å². The Hall–Kier alpha value is -0.120. The van der Waals surface area contributed by atoms with Gasteiger partial charge in [0.2, 0.25) is 0 Å². The summed E-state index contributed by atoms with van der Waals surface area (Å²) in [5.74, 6) is 0.810. The van der Waals surface area contributed by atoms with E-state index in [4.69, 9.17) is 5.73 Å². The van der Waals surface area contributed by atoms with Crippen molar-refractivity contribution in [3.8, 4) is 0 Å². The van der Waals surface area contributed by atoms with Gasteiger partial charge in [-0.2, -0.15) is 0 Å². The normalized spacial score (nSPS) is 27.0. The molecule has 3 unspecified atom stereocenters. The molecule has 1 rings (SSSR count). The number of hydrogen-bond acceptors (Lipinski definition) is 3. The highest BCUT2D eigenvalue weighted by molar-refractivity contribution is 4.77. The van der Waals surface area contributed by atoms with Gasteiger partial charge in [0.25, 0.3) is 0 Å². The van der Waals surface area contributed by atoms with Crippen molar-refractivity contribution < 1.29 is 0 Å². The van der Waals surface area contributed by atoms with Crippen molar-refractivity contribution in [2.45, 2.75) is 52.1 Å². The largest absolute Gasteiger partial charge is 0.328 e. The summed E-state index contributed by atoms with van der Waals surface area (Å²) in [7, 11) is 2.23. The second-order valence-electron chi connectivity index (χ2n) is 6.10. The number of piperazine rings is 1. The second-order valence-corrected chi connectivity index (χ2v) is 6.10. The van der Waals surface area contributed by atoms with Gasteiger partial charge in [-0.3, -0.25) is 0 Å². The van der Waals surface area contributed by atoms with Crippen LogP contribution in [0.15, 0.2) is 0 Å². The van der Waals surface area contributed by atoms with E-state index in [2.05, 4.69) is 37.6 Å². The molecule has 0 aliphatic carbocycles. The Morgan fingerprint density at radius 3 is 2.53 bits per heavy atom. The average molecular weight is 241 g/mol. The van der Waals surface area contributed by atoms with Gasteiger partial charge in [-0.15, -0.1) is 0 Å². The van der Waals surface area contributed by atoms with E-state index in [1.54, 1.807) is 0 Å². The highest BCUT2D eigenvalue weighted by Gasteiger charge is 2.21. The van der Waals surface area contributed by atoms with E-state index < -0.39 is 0 Å². The Kier molecular flexibility index (Phi) is 6.45. The van der Waals surface area contributed by atoms with Crippen molar-refractivity contribution in [2.75, 3.05) is 33.2 Å². The lowest BCUT2D eigenvalue weighted by Gasteiger charge is -2.38. The van der Waals surface area contributed by atoms with Crippen molar-refractivity contribution in [3.63, 3.8) is 0 Å². The molecular formula is C14H31N3. The highest BCUT2D eigenvalue weighted by Crippen LogP contribution is 2.14. The molecule has 1 saturated heterocycles. The molecule has 0 aromatic heterocycles. The molecule has 3 nitrogen and oxygen atoms in total. The molecule has 1 aliphatic rings. The summed E-state index contributed by atoms with van der Waals surface area (Å²) >= 11 is 0. The predicted molar refractivity (Wildman–Crippen MR) is 75.2 cm³/mol. The molecular weight excluding hydrogens is 210 g/mol. The molecule has 1 heterocycles. The molecule has 0 saturated carbocycles. The van der Waals surface area contributed by atoms with Crippen LogP contribution in [0.5, 0.6) is 0 Å². The Labute approximate surface area is 107 Å². The second kappa shape index (κ2) is 7.34. The molecule has 2 N–H and O–H groups in total. The summed E-state index contributed by atoms with van der Waals surface area (Å²) in [6.07, 6.45) is 3.77. The molecule has 0 bridgehead atoms. The molecule has 0 aromatic carbocycles. The van der Waals surface area contributed by atoms with Crippen molar-refractivity contribution in [3.05, 3.63) is 0 Å². The van der Waals surface area contributed by atoms with Crippen LogP contribution in [0.25, 0.3) is 0 Å². The summed E-state index contributed by atoms with van der Waals surface area (Å²) in [6.45, 7) is 11.8. The van der Waals surface area contributed by atoms with Gasteiger partial charge in [0.1, 0.15) is 0 Å². The zero-order valence-corrected chi connectivity index (χ0v) is 12.2. The van der Waals surface area contributed by atoms with Crippen LogP contribution >= 0.6 is 0 Å². The van der Waals surface area contributed by atoms with Crippen LogP contribution in [0.1, 0.15) is 40.0 Å². The zero-order valence-electron chi connectivity index (χ0n) is 12.2. The summed E-state index contributed by atoms with van der Waals surface area (Å²) in [6, 6.07) is 1.07. The lowest BCUT2D eigenvalue weighted by Crippen LogP contribution is -2.50. The smallest absolute Gasteiger partial charge is 0.0192 e. The van der Waals surface area contributed by atoms with Crippen LogP contribution in [0.4, 0.5) is 0 Å². The topological polar surface area (TPSA) is 32.5 Å². The van der Waals surface area contributed by atoms with Crippen molar-refractivity contribution in [1.82, 2.24) is 9.80 Å². The van der Waals surface area contributed by atoms with Crippen LogP contribution in [-0.4, -0.2) is 55.1 Å². The van der Waals surface area contributed by atoms with Gasteiger partial charge in [0, 0.05) is 38.3 Å². The monoisotopic (exact) mass is 241 g/mol. The van der Waals surface area contributed by atoms with Crippen LogP contribution in [0.3, 0.4) is 0 Å². The third kappa shape index (κ3) is 5.84. The Morgan fingerprint density at radius 1 is 1.24 bits per heavy atom. The van der Waals surface area contributed by atoms with Gasteiger partial charge in [-0.25, -0.2) is 0 Å². The third-order valence-electron chi connectivity index (χ3n) is 3.97. The number of likely N-dealkylation sites (N-methyl/N-ethyl adjacent to an activating group) is 1. The van der Waals surface area contributed by atoms with E-state index in [9.17, 15) is 0 Å². The molecule has 3 atom stereocenters. The van der Waals surface area contributed by atoms with E-state index in [-0.39, 0.29) is 0 Å². The number of rotatable bonds is 6. The molecule has 102 valence electrons. The fraction of sp³-hybridized carbons (Fsp3) is 1.00. The molecule has 0 aromatic rings. The molecule has 17 heavy (non-hydrogen) atoms. The fourth-order valence-corrected chi connectivity index (χ4v) is 2.61. The third-order valence-corrected chi connectivity index (χ3v) is 3.97. The lowest BCUT2D eigenvalue weighted by atomic mass is 10.0. The van der Waals surface area contributed by atoms with Crippen LogP contribution < -0.4 is 5.73 Å². The number of nitrogens with zero attached hydrogens (tertiary/aromatic N) is 2. The van der Waals surface area contributed by atoms with Gasteiger partial charge in [-0.1, -0.05) is 13.3 Å². The Morgan fingerprint density at radius 2 is 1.94 bits per heavy atom. The minimum absolute atomic E-state index is 0.367. The maximum Gasteiger partial charge on any atom is 0.0192 e. The molecule has 1 fully saturated rings. The molecule has 1 aliphatic heterocycles. The molecule has 0 amide bonds. The first-order valence-corrected chi connectivity index (χ1v) is 7.17.